The summed E-state index contributed by atoms with van der Waals surface area (Å²) in [4.78, 5) is 0. The minimum absolute atomic E-state index is 0.0639. The van der Waals surface area contributed by atoms with Gasteiger partial charge in [0.1, 0.15) is 0 Å². The molecule has 1 aromatic rings. The Hall–Kier alpha value is 0.0800. The fourth-order valence-corrected chi connectivity index (χ4v) is 13.1. The molecule has 0 unspecified atom stereocenters. The van der Waals surface area contributed by atoms with Crippen molar-refractivity contribution in [3.8, 4) is 0 Å². The van der Waals surface area contributed by atoms with Gasteiger partial charge in [-0.15, -0.1) is 0 Å². The van der Waals surface area contributed by atoms with E-state index in [1.165, 1.54) is 51.4 Å². The number of benzene rings is 1. The molecule has 2 aliphatic rings. The van der Waals surface area contributed by atoms with Gasteiger partial charge in [0, 0.05) is 0 Å². The van der Waals surface area contributed by atoms with Gasteiger partial charge in [-0.25, -0.2) is 0 Å². The summed E-state index contributed by atoms with van der Waals surface area (Å²) in [6.07, 6.45) is 11.5. The molecule has 0 aromatic heterocycles. The SMILES string of the molecule is CC[C@@H]1CC[C@@H](CC)P1c1ccccc1P1[C@H](CC)CC[C@H]1CC. The second kappa shape index (κ2) is 8.64. The van der Waals surface area contributed by atoms with Gasteiger partial charge in [-0.05, 0) is 84.6 Å². The van der Waals surface area contributed by atoms with E-state index in [0.717, 1.165) is 22.6 Å². The monoisotopic (exact) mass is 362 g/mol. The van der Waals surface area contributed by atoms with Gasteiger partial charge in [0.05, 0.1) is 0 Å². The molecule has 2 fully saturated rings. The fourth-order valence-electron chi connectivity index (χ4n) is 5.21. The summed E-state index contributed by atoms with van der Waals surface area (Å²) in [5, 5.41) is 3.68. The van der Waals surface area contributed by atoms with Crippen molar-refractivity contribution in [2.24, 2.45) is 0 Å². The van der Waals surface area contributed by atoms with Crippen LogP contribution in [0.2, 0.25) is 0 Å². The molecule has 0 spiro atoms. The van der Waals surface area contributed by atoms with Crippen LogP contribution in [-0.4, -0.2) is 22.6 Å². The minimum atomic E-state index is 0.0639. The number of hydrogen-bond donors (Lipinski definition) is 0. The van der Waals surface area contributed by atoms with E-state index < -0.39 is 0 Å². The van der Waals surface area contributed by atoms with Crippen molar-refractivity contribution in [3.63, 3.8) is 0 Å². The molecule has 24 heavy (non-hydrogen) atoms. The Kier molecular flexibility index (Phi) is 6.79. The first kappa shape index (κ1) is 18.9. The van der Waals surface area contributed by atoms with E-state index >= 15 is 0 Å². The van der Waals surface area contributed by atoms with E-state index in [4.69, 9.17) is 0 Å². The van der Waals surface area contributed by atoms with E-state index in [2.05, 4.69) is 52.0 Å². The molecule has 134 valence electrons. The van der Waals surface area contributed by atoms with Gasteiger partial charge >= 0.3 is 0 Å². The lowest BCUT2D eigenvalue weighted by atomic mass is 10.1. The second-order valence-electron chi connectivity index (χ2n) is 7.71. The Bertz CT molecular complexity index is 455. The summed E-state index contributed by atoms with van der Waals surface area (Å²) in [5.41, 5.74) is 3.96. The van der Waals surface area contributed by atoms with Gasteiger partial charge in [0.25, 0.3) is 0 Å². The molecule has 0 amide bonds. The Morgan fingerprint density at radius 2 is 0.917 bits per heavy atom. The molecule has 2 heteroatoms. The molecule has 2 heterocycles. The van der Waals surface area contributed by atoms with Crippen molar-refractivity contribution in [1.29, 1.82) is 0 Å². The summed E-state index contributed by atoms with van der Waals surface area (Å²) in [7, 11) is 0.128. The number of hydrogen-bond acceptors (Lipinski definition) is 0. The van der Waals surface area contributed by atoms with E-state index in [0.29, 0.717) is 0 Å². The minimum Gasteiger partial charge on any atom is -0.0683 e. The molecule has 0 nitrogen and oxygen atoms in total. The summed E-state index contributed by atoms with van der Waals surface area (Å²) in [6, 6.07) is 9.79. The van der Waals surface area contributed by atoms with Gasteiger partial charge in [-0.2, -0.15) is 0 Å². The van der Waals surface area contributed by atoms with Gasteiger partial charge in [0.2, 0.25) is 0 Å². The molecule has 0 bridgehead atoms. The zero-order valence-corrected chi connectivity index (χ0v) is 18.0. The summed E-state index contributed by atoms with van der Waals surface area (Å²) in [6.45, 7) is 9.74. The lowest BCUT2D eigenvalue weighted by Gasteiger charge is -2.32. The van der Waals surface area contributed by atoms with Gasteiger partial charge < -0.3 is 0 Å². The maximum absolute atomic E-state index is 2.55. The van der Waals surface area contributed by atoms with E-state index in [1.807, 2.05) is 10.6 Å². The quantitative estimate of drug-likeness (QED) is 0.500. The predicted octanol–water partition coefficient (Wildman–Crippen LogP) is 6.60. The highest BCUT2D eigenvalue weighted by Gasteiger charge is 2.40. The zero-order chi connectivity index (χ0) is 17.1. The maximum Gasteiger partial charge on any atom is -0.0158 e. The molecular weight excluding hydrogens is 326 g/mol. The average molecular weight is 362 g/mol. The van der Waals surface area contributed by atoms with Crippen molar-refractivity contribution in [2.75, 3.05) is 0 Å². The average Bonchev–Trinajstić information content (AvgIpc) is 3.24. The largest absolute Gasteiger partial charge is 0.0683 e. The van der Waals surface area contributed by atoms with Crippen molar-refractivity contribution < 1.29 is 0 Å². The fraction of sp³-hybridized carbons (Fsp3) is 0.727. The second-order valence-corrected chi connectivity index (χ2v) is 13.2. The molecule has 0 saturated carbocycles. The van der Waals surface area contributed by atoms with Crippen LogP contribution in [0.15, 0.2) is 24.3 Å². The third kappa shape index (κ3) is 3.48. The highest BCUT2D eigenvalue weighted by molar-refractivity contribution is 7.73. The Balaban J connectivity index is 2.01. The van der Waals surface area contributed by atoms with Crippen LogP contribution in [0.1, 0.15) is 79.1 Å². The third-order valence-electron chi connectivity index (χ3n) is 6.56. The molecule has 1 aromatic carbocycles. The highest BCUT2D eigenvalue weighted by Crippen LogP contribution is 2.61. The smallest absolute Gasteiger partial charge is 0.0158 e. The first-order valence-electron chi connectivity index (χ1n) is 10.4. The van der Waals surface area contributed by atoms with Crippen molar-refractivity contribution >= 4 is 26.5 Å². The van der Waals surface area contributed by atoms with Crippen LogP contribution in [0.5, 0.6) is 0 Å². The van der Waals surface area contributed by atoms with Gasteiger partial charge in [0.15, 0.2) is 0 Å². The van der Waals surface area contributed by atoms with Crippen LogP contribution in [0.3, 0.4) is 0 Å². The highest BCUT2D eigenvalue weighted by atomic mass is 31.1. The standard InChI is InChI=1S/C22H36P2/c1-5-17-13-14-18(6-2)23(17)21-11-9-10-12-22(21)24-19(7-3)15-16-20(24)8-4/h9-12,17-20H,5-8,13-16H2,1-4H3/t17-,18-,19-,20-/m1/s1. The Labute approximate surface area is 152 Å². The topological polar surface area (TPSA) is 0 Å². The van der Waals surface area contributed by atoms with E-state index in [1.54, 1.807) is 0 Å². The van der Waals surface area contributed by atoms with Crippen molar-refractivity contribution in [1.82, 2.24) is 0 Å². The maximum atomic E-state index is 2.55. The lowest BCUT2D eigenvalue weighted by molar-refractivity contribution is 0.696. The first-order chi connectivity index (χ1) is 11.7. The Morgan fingerprint density at radius 1 is 0.625 bits per heavy atom. The van der Waals surface area contributed by atoms with E-state index in [9.17, 15) is 0 Å². The van der Waals surface area contributed by atoms with Crippen molar-refractivity contribution in [2.45, 2.75) is 102 Å². The first-order valence-corrected chi connectivity index (χ1v) is 13.4. The molecule has 4 atom stereocenters. The molecular formula is C22H36P2. The van der Waals surface area contributed by atoms with Crippen LogP contribution < -0.4 is 10.6 Å². The summed E-state index contributed by atoms with van der Waals surface area (Å²) >= 11 is 0. The predicted molar refractivity (Wildman–Crippen MR) is 114 cm³/mol. The molecule has 3 rings (SSSR count). The molecule has 0 N–H and O–H groups in total. The molecule has 0 radical (unpaired) electrons. The van der Waals surface area contributed by atoms with Gasteiger partial charge in [-0.1, -0.05) is 67.8 Å². The summed E-state index contributed by atoms with van der Waals surface area (Å²) in [5.74, 6) is 0. The van der Waals surface area contributed by atoms with Crippen LogP contribution in [-0.2, 0) is 0 Å². The summed E-state index contributed by atoms with van der Waals surface area (Å²) < 4.78 is 0. The van der Waals surface area contributed by atoms with Gasteiger partial charge in [-0.3, -0.25) is 0 Å². The van der Waals surface area contributed by atoms with Crippen LogP contribution >= 0.6 is 15.8 Å². The molecule has 2 saturated heterocycles. The van der Waals surface area contributed by atoms with Crippen LogP contribution in [0.4, 0.5) is 0 Å². The number of rotatable bonds is 6. The van der Waals surface area contributed by atoms with Crippen molar-refractivity contribution in [3.05, 3.63) is 24.3 Å². The van der Waals surface area contributed by atoms with E-state index in [-0.39, 0.29) is 15.8 Å². The molecule has 0 aliphatic carbocycles. The lowest BCUT2D eigenvalue weighted by Crippen LogP contribution is -2.30. The Morgan fingerprint density at radius 3 is 1.17 bits per heavy atom. The molecule has 2 aliphatic heterocycles. The zero-order valence-electron chi connectivity index (χ0n) is 16.2. The van der Waals surface area contributed by atoms with Crippen LogP contribution in [0, 0.1) is 0 Å². The van der Waals surface area contributed by atoms with Crippen LogP contribution in [0.25, 0.3) is 0 Å². The normalized spacial score (nSPS) is 31.8. The third-order valence-corrected chi connectivity index (χ3v) is 14.3.